The van der Waals surface area contributed by atoms with Crippen molar-refractivity contribution in [2.45, 2.75) is 39.8 Å². The predicted molar refractivity (Wildman–Crippen MR) is 133 cm³/mol. The topological polar surface area (TPSA) is 86.8 Å². The molecule has 0 heterocycles. The van der Waals surface area contributed by atoms with Crippen molar-refractivity contribution >= 4 is 39.1 Å². The summed E-state index contributed by atoms with van der Waals surface area (Å²) >= 11 is 5.99. The highest BCUT2D eigenvalue weighted by molar-refractivity contribution is 7.92. The van der Waals surface area contributed by atoms with E-state index in [4.69, 9.17) is 11.6 Å². The van der Waals surface area contributed by atoms with Crippen molar-refractivity contribution in [1.82, 2.24) is 10.2 Å². The van der Waals surface area contributed by atoms with Gasteiger partial charge in [-0.25, -0.2) is 8.42 Å². The largest absolute Gasteiger partial charge is 0.354 e. The molecule has 1 N–H and O–H groups in total. The first-order chi connectivity index (χ1) is 15.5. The molecule has 0 saturated carbocycles. The van der Waals surface area contributed by atoms with Crippen LogP contribution in [0.4, 0.5) is 5.69 Å². The van der Waals surface area contributed by atoms with E-state index in [0.29, 0.717) is 23.7 Å². The van der Waals surface area contributed by atoms with Crippen molar-refractivity contribution in [1.29, 1.82) is 0 Å². The lowest BCUT2D eigenvalue weighted by atomic mass is 10.1. The van der Waals surface area contributed by atoms with E-state index in [1.165, 1.54) is 4.90 Å². The minimum Gasteiger partial charge on any atom is -0.354 e. The van der Waals surface area contributed by atoms with Gasteiger partial charge in [0.1, 0.15) is 12.6 Å². The maximum atomic E-state index is 13.5. The third-order valence-electron chi connectivity index (χ3n) is 5.06. The van der Waals surface area contributed by atoms with Gasteiger partial charge >= 0.3 is 0 Å². The van der Waals surface area contributed by atoms with Gasteiger partial charge in [0.2, 0.25) is 21.8 Å². The second-order valence-corrected chi connectivity index (χ2v) is 10.7. The molecular weight excluding hydrogens is 462 g/mol. The number of hydrogen-bond acceptors (Lipinski definition) is 4. The van der Waals surface area contributed by atoms with Crippen LogP contribution in [-0.4, -0.2) is 50.5 Å². The average molecular weight is 494 g/mol. The molecule has 7 nitrogen and oxygen atoms in total. The van der Waals surface area contributed by atoms with Crippen LogP contribution in [0.3, 0.4) is 0 Å². The molecule has 9 heteroatoms. The molecule has 0 spiro atoms. The highest BCUT2D eigenvalue weighted by Gasteiger charge is 2.31. The molecule has 0 saturated heterocycles. The van der Waals surface area contributed by atoms with Crippen molar-refractivity contribution in [3.8, 4) is 0 Å². The Morgan fingerprint density at radius 1 is 1.03 bits per heavy atom. The number of halogens is 1. The molecular formula is C24H32ClN3O4S. The summed E-state index contributed by atoms with van der Waals surface area (Å²) in [6.07, 6.45) is 1.44. The van der Waals surface area contributed by atoms with Crippen molar-refractivity contribution in [3.05, 3.63) is 65.2 Å². The monoisotopic (exact) mass is 493 g/mol. The highest BCUT2D eigenvalue weighted by Crippen LogP contribution is 2.20. The van der Waals surface area contributed by atoms with Gasteiger partial charge in [0, 0.05) is 18.1 Å². The van der Waals surface area contributed by atoms with E-state index in [0.717, 1.165) is 16.1 Å². The number of carbonyl (C=O) groups excluding carboxylic acids is 2. The summed E-state index contributed by atoms with van der Waals surface area (Å²) in [6, 6.07) is 14.7. The normalized spacial score (nSPS) is 12.3. The summed E-state index contributed by atoms with van der Waals surface area (Å²) in [5.41, 5.74) is 1.17. The Hall–Kier alpha value is -2.58. The molecule has 2 aromatic rings. The Morgan fingerprint density at radius 3 is 2.15 bits per heavy atom. The molecule has 2 amide bonds. The van der Waals surface area contributed by atoms with E-state index < -0.39 is 28.5 Å². The molecule has 0 bridgehead atoms. The third kappa shape index (κ3) is 8.05. The number of rotatable bonds is 11. The summed E-state index contributed by atoms with van der Waals surface area (Å²) in [5.74, 6) is -0.476. The van der Waals surface area contributed by atoms with Crippen LogP contribution in [0, 0.1) is 5.92 Å². The zero-order valence-corrected chi connectivity index (χ0v) is 21.1. The Bertz CT molecular complexity index is 1030. The van der Waals surface area contributed by atoms with Gasteiger partial charge in [0.25, 0.3) is 0 Å². The zero-order valence-electron chi connectivity index (χ0n) is 19.5. The Balaban J connectivity index is 2.38. The molecule has 0 aliphatic heterocycles. The van der Waals surface area contributed by atoms with Crippen LogP contribution in [0.5, 0.6) is 0 Å². The second-order valence-electron chi connectivity index (χ2n) is 8.32. The summed E-state index contributed by atoms with van der Waals surface area (Å²) in [5, 5.41) is 3.45. The number of nitrogens with zero attached hydrogens (tertiary/aromatic N) is 2. The van der Waals surface area contributed by atoms with Crippen LogP contribution in [-0.2, 0) is 26.2 Å². The maximum Gasteiger partial charge on any atom is 0.244 e. The van der Waals surface area contributed by atoms with Crippen LogP contribution in [0.2, 0.25) is 5.02 Å². The quantitative estimate of drug-likeness (QED) is 0.517. The standard InChI is InChI=1S/C24H32ClN3O4S/c1-5-22(24(30)26-15-18(2)3)27(16-19-11-13-20(25)14-12-19)23(29)17-28(33(4,31)32)21-9-7-6-8-10-21/h6-14,18,22H,5,15-17H2,1-4H3,(H,26,30)/t22-/m0/s1. The molecule has 1 atom stereocenters. The van der Waals surface area contributed by atoms with Crippen LogP contribution in [0.1, 0.15) is 32.8 Å². The van der Waals surface area contributed by atoms with Crippen molar-refractivity contribution < 1.29 is 18.0 Å². The van der Waals surface area contributed by atoms with E-state index in [2.05, 4.69) is 5.32 Å². The van der Waals surface area contributed by atoms with E-state index >= 15 is 0 Å². The molecule has 2 aromatic carbocycles. The molecule has 0 radical (unpaired) electrons. The van der Waals surface area contributed by atoms with E-state index in [9.17, 15) is 18.0 Å². The minimum absolute atomic E-state index is 0.149. The number of nitrogens with one attached hydrogen (secondary N) is 1. The number of para-hydroxylation sites is 1. The number of carbonyl (C=O) groups is 2. The smallest absolute Gasteiger partial charge is 0.244 e. The first-order valence-electron chi connectivity index (χ1n) is 10.9. The van der Waals surface area contributed by atoms with Gasteiger partial charge in [-0.15, -0.1) is 0 Å². The van der Waals surface area contributed by atoms with Gasteiger partial charge in [-0.05, 0) is 42.2 Å². The molecule has 0 aliphatic rings. The Morgan fingerprint density at radius 2 is 1.64 bits per heavy atom. The lowest BCUT2D eigenvalue weighted by Gasteiger charge is -2.33. The van der Waals surface area contributed by atoms with Crippen molar-refractivity contribution in [3.63, 3.8) is 0 Å². The number of benzene rings is 2. The fourth-order valence-electron chi connectivity index (χ4n) is 3.34. The molecule has 0 aromatic heterocycles. The maximum absolute atomic E-state index is 13.5. The molecule has 0 aliphatic carbocycles. The van der Waals surface area contributed by atoms with Crippen LogP contribution in [0.25, 0.3) is 0 Å². The number of anilines is 1. The fourth-order valence-corrected chi connectivity index (χ4v) is 4.31. The van der Waals surface area contributed by atoms with Crippen molar-refractivity contribution in [2.75, 3.05) is 23.7 Å². The fraction of sp³-hybridized carbons (Fsp3) is 0.417. The predicted octanol–water partition coefficient (Wildman–Crippen LogP) is 3.69. The minimum atomic E-state index is -3.73. The molecule has 2 rings (SSSR count). The Labute approximate surface area is 201 Å². The van der Waals surface area contributed by atoms with Gasteiger partial charge in [-0.3, -0.25) is 13.9 Å². The Kier molecular flexibility index (Phi) is 9.73. The van der Waals surface area contributed by atoms with Crippen LogP contribution < -0.4 is 9.62 Å². The number of sulfonamides is 1. The van der Waals surface area contributed by atoms with Gasteiger partial charge in [-0.1, -0.05) is 62.7 Å². The first-order valence-corrected chi connectivity index (χ1v) is 13.1. The number of amides is 2. The molecule has 180 valence electrons. The van der Waals surface area contributed by atoms with Crippen molar-refractivity contribution in [2.24, 2.45) is 5.92 Å². The van der Waals surface area contributed by atoms with Crippen LogP contribution in [0.15, 0.2) is 54.6 Å². The zero-order chi connectivity index (χ0) is 24.6. The molecule has 0 unspecified atom stereocenters. The van der Waals surface area contributed by atoms with E-state index in [1.54, 1.807) is 54.6 Å². The van der Waals surface area contributed by atoms with Gasteiger partial charge < -0.3 is 10.2 Å². The summed E-state index contributed by atoms with van der Waals surface area (Å²) in [6.45, 7) is 6.02. The summed E-state index contributed by atoms with van der Waals surface area (Å²) in [7, 11) is -3.73. The van der Waals surface area contributed by atoms with E-state index in [-0.39, 0.29) is 18.4 Å². The van der Waals surface area contributed by atoms with Gasteiger partial charge in [-0.2, -0.15) is 0 Å². The second kappa shape index (κ2) is 12.0. The summed E-state index contributed by atoms with van der Waals surface area (Å²) < 4.78 is 26.1. The third-order valence-corrected chi connectivity index (χ3v) is 6.45. The summed E-state index contributed by atoms with van der Waals surface area (Å²) in [4.78, 5) is 27.9. The lowest BCUT2D eigenvalue weighted by molar-refractivity contribution is -0.140. The molecule has 0 fully saturated rings. The first kappa shape index (κ1) is 26.7. The average Bonchev–Trinajstić information content (AvgIpc) is 2.76. The molecule has 33 heavy (non-hydrogen) atoms. The number of hydrogen-bond donors (Lipinski definition) is 1. The highest BCUT2D eigenvalue weighted by atomic mass is 35.5. The SMILES string of the molecule is CC[C@@H](C(=O)NCC(C)C)N(Cc1ccc(Cl)cc1)C(=O)CN(c1ccccc1)S(C)(=O)=O. The van der Waals surface area contributed by atoms with Crippen LogP contribution >= 0.6 is 11.6 Å². The van der Waals surface area contributed by atoms with Gasteiger partial charge in [0.05, 0.1) is 11.9 Å². The van der Waals surface area contributed by atoms with Gasteiger partial charge in [0.15, 0.2) is 0 Å². The lowest BCUT2D eigenvalue weighted by Crippen LogP contribution is -2.52. The van der Waals surface area contributed by atoms with E-state index in [1.807, 2.05) is 20.8 Å².